The van der Waals surface area contributed by atoms with Crippen molar-refractivity contribution in [2.45, 2.75) is 0 Å². The van der Waals surface area contributed by atoms with Gasteiger partial charge >= 0.3 is 0 Å². The molecule has 1 amide bonds. The predicted octanol–water partition coefficient (Wildman–Crippen LogP) is 5.98. The number of nitriles is 1. The maximum absolute atomic E-state index is 12.4. The summed E-state index contributed by atoms with van der Waals surface area (Å²) in [6.45, 7) is 3.97. The van der Waals surface area contributed by atoms with Crippen molar-refractivity contribution in [3.8, 4) is 11.8 Å². The van der Waals surface area contributed by atoms with Crippen LogP contribution in [0.15, 0.2) is 63.6 Å². The van der Waals surface area contributed by atoms with E-state index in [-0.39, 0.29) is 5.57 Å². The fourth-order valence-corrected chi connectivity index (χ4v) is 3.64. The Morgan fingerprint density at radius 1 is 1.31 bits per heavy atom. The first-order valence-electron chi connectivity index (χ1n) is 7.36. The van der Waals surface area contributed by atoms with E-state index in [1.807, 2.05) is 6.07 Å². The van der Waals surface area contributed by atoms with Crippen LogP contribution in [0.25, 0.3) is 6.08 Å². The number of carbonyl (C=O) groups excluding carboxylic acids is 1. The average Bonchev–Trinajstić information content (AvgIpc) is 2.61. The number of benzene rings is 2. The highest BCUT2D eigenvalue weighted by atomic mass is 79.9. The van der Waals surface area contributed by atoms with E-state index in [2.05, 4.69) is 43.8 Å². The number of carbonyl (C=O) groups is 1. The Bertz CT molecular complexity index is 897. The van der Waals surface area contributed by atoms with Crippen molar-refractivity contribution in [2.24, 2.45) is 0 Å². The summed E-state index contributed by atoms with van der Waals surface area (Å²) in [4.78, 5) is 12.4. The molecule has 2 aromatic carbocycles. The summed E-state index contributed by atoms with van der Waals surface area (Å²) in [5.41, 5.74) is 1.04. The van der Waals surface area contributed by atoms with E-state index in [9.17, 15) is 10.1 Å². The van der Waals surface area contributed by atoms with E-state index in [0.29, 0.717) is 37.6 Å². The first kappa shape index (κ1) is 20.2. The van der Waals surface area contributed by atoms with Crippen LogP contribution >= 0.6 is 43.5 Å². The smallest absolute Gasteiger partial charge is 0.266 e. The average molecular weight is 497 g/mol. The van der Waals surface area contributed by atoms with Crippen LogP contribution in [0.3, 0.4) is 0 Å². The monoisotopic (exact) mass is 494 g/mol. The Balaban J connectivity index is 2.28. The van der Waals surface area contributed by atoms with Crippen molar-refractivity contribution in [2.75, 3.05) is 11.9 Å². The van der Waals surface area contributed by atoms with Crippen LogP contribution in [0, 0.1) is 11.3 Å². The molecular formula is C19H13Br2ClN2O2. The first-order valence-corrected chi connectivity index (χ1v) is 9.33. The number of rotatable bonds is 6. The molecule has 0 aliphatic heterocycles. The number of para-hydroxylation sites is 1. The zero-order chi connectivity index (χ0) is 19.1. The van der Waals surface area contributed by atoms with Gasteiger partial charge in [-0.05, 0) is 67.8 Å². The van der Waals surface area contributed by atoms with Crippen molar-refractivity contribution in [1.29, 1.82) is 5.26 Å². The molecule has 7 heteroatoms. The SMILES string of the molecule is C=CCOc1c(Br)cc(/C=C(\C#N)C(=O)Nc2ccccc2Cl)cc1Br. The second-order valence-electron chi connectivity index (χ2n) is 5.02. The van der Waals surface area contributed by atoms with Crippen LogP contribution in [-0.2, 0) is 4.79 Å². The molecule has 0 fully saturated rings. The molecule has 0 saturated heterocycles. The zero-order valence-electron chi connectivity index (χ0n) is 13.4. The van der Waals surface area contributed by atoms with E-state index in [1.54, 1.807) is 42.5 Å². The third kappa shape index (κ3) is 5.21. The fourth-order valence-electron chi connectivity index (χ4n) is 2.01. The van der Waals surface area contributed by atoms with Crippen molar-refractivity contribution in [3.05, 3.63) is 74.2 Å². The number of nitrogens with one attached hydrogen (secondary N) is 1. The largest absolute Gasteiger partial charge is 0.487 e. The quantitative estimate of drug-likeness (QED) is 0.304. The molecule has 0 spiro atoms. The summed E-state index contributed by atoms with van der Waals surface area (Å²) >= 11 is 12.9. The van der Waals surface area contributed by atoms with Gasteiger partial charge in [-0.3, -0.25) is 4.79 Å². The summed E-state index contributed by atoms with van der Waals surface area (Å²) in [6, 6.07) is 12.2. The summed E-state index contributed by atoms with van der Waals surface area (Å²) in [5, 5.41) is 12.4. The van der Waals surface area contributed by atoms with Crippen LogP contribution in [0.1, 0.15) is 5.56 Å². The van der Waals surface area contributed by atoms with Gasteiger partial charge in [0.15, 0.2) is 0 Å². The summed E-state index contributed by atoms with van der Waals surface area (Å²) in [6.07, 6.45) is 3.12. The number of amides is 1. The Labute approximate surface area is 173 Å². The lowest BCUT2D eigenvalue weighted by atomic mass is 10.1. The predicted molar refractivity (Wildman–Crippen MR) is 111 cm³/mol. The van der Waals surface area contributed by atoms with Crippen LogP contribution in [0.2, 0.25) is 5.02 Å². The molecule has 0 aromatic heterocycles. The Kier molecular flexibility index (Phi) is 7.46. The Morgan fingerprint density at radius 2 is 1.96 bits per heavy atom. The van der Waals surface area contributed by atoms with Crippen LogP contribution in [-0.4, -0.2) is 12.5 Å². The standard InChI is InChI=1S/C19H13Br2ClN2O2/c1-2-7-26-18-14(20)9-12(10-15(18)21)8-13(11-23)19(25)24-17-6-4-3-5-16(17)22/h2-6,8-10H,1,7H2,(H,24,25)/b13-8+. The molecule has 0 unspecified atom stereocenters. The fraction of sp³-hybridized carbons (Fsp3) is 0.0526. The molecule has 0 aliphatic rings. The summed E-state index contributed by atoms with van der Waals surface area (Å²) in [7, 11) is 0. The van der Waals surface area contributed by atoms with E-state index in [1.165, 1.54) is 6.08 Å². The van der Waals surface area contributed by atoms with Gasteiger partial charge < -0.3 is 10.1 Å². The molecule has 4 nitrogen and oxygen atoms in total. The van der Waals surface area contributed by atoms with E-state index < -0.39 is 5.91 Å². The van der Waals surface area contributed by atoms with Gasteiger partial charge in [0, 0.05) is 0 Å². The molecule has 0 aliphatic carbocycles. The van der Waals surface area contributed by atoms with Crippen molar-refractivity contribution >= 4 is 61.1 Å². The first-order chi connectivity index (χ1) is 12.5. The topological polar surface area (TPSA) is 62.1 Å². The maximum atomic E-state index is 12.4. The molecule has 2 rings (SSSR count). The van der Waals surface area contributed by atoms with Crippen LogP contribution < -0.4 is 10.1 Å². The molecule has 0 saturated carbocycles. The molecule has 0 heterocycles. The minimum Gasteiger partial charge on any atom is -0.487 e. The van der Waals surface area contributed by atoms with Gasteiger partial charge in [0.1, 0.15) is 24.0 Å². The van der Waals surface area contributed by atoms with Gasteiger partial charge in [-0.2, -0.15) is 5.26 Å². The number of hydrogen-bond acceptors (Lipinski definition) is 3. The van der Waals surface area contributed by atoms with Crippen molar-refractivity contribution < 1.29 is 9.53 Å². The van der Waals surface area contributed by atoms with E-state index in [4.69, 9.17) is 16.3 Å². The lowest BCUT2D eigenvalue weighted by molar-refractivity contribution is -0.112. The molecule has 0 atom stereocenters. The normalized spacial score (nSPS) is 10.8. The highest BCUT2D eigenvalue weighted by Gasteiger charge is 2.13. The molecule has 0 radical (unpaired) electrons. The second-order valence-corrected chi connectivity index (χ2v) is 7.13. The number of anilines is 1. The van der Waals surface area contributed by atoms with Gasteiger partial charge in [-0.1, -0.05) is 36.4 Å². The molecule has 26 heavy (non-hydrogen) atoms. The number of nitrogens with zero attached hydrogens (tertiary/aromatic N) is 1. The number of ether oxygens (including phenoxy) is 1. The molecular weight excluding hydrogens is 483 g/mol. The van der Waals surface area contributed by atoms with Gasteiger partial charge in [-0.15, -0.1) is 0 Å². The summed E-state index contributed by atoms with van der Waals surface area (Å²) < 4.78 is 6.92. The van der Waals surface area contributed by atoms with Crippen molar-refractivity contribution in [1.82, 2.24) is 0 Å². The minimum absolute atomic E-state index is 0.0523. The number of hydrogen-bond donors (Lipinski definition) is 1. The minimum atomic E-state index is -0.542. The van der Waals surface area contributed by atoms with Crippen LogP contribution in [0.4, 0.5) is 5.69 Å². The maximum Gasteiger partial charge on any atom is 0.266 e. The lowest BCUT2D eigenvalue weighted by Crippen LogP contribution is -2.13. The van der Waals surface area contributed by atoms with Gasteiger partial charge in [0.2, 0.25) is 0 Å². The third-order valence-electron chi connectivity index (χ3n) is 3.16. The lowest BCUT2D eigenvalue weighted by Gasteiger charge is -2.10. The van der Waals surface area contributed by atoms with Crippen LogP contribution in [0.5, 0.6) is 5.75 Å². The third-order valence-corrected chi connectivity index (χ3v) is 4.67. The zero-order valence-corrected chi connectivity index (χ0v) is 17.4. The Hall–Kier alpha value is -2.07. The molecule has 132 valence electrons. The van der Waals surface area contributed by atoms with Gasteiger partial charge in [0.25, 0.3) is 5.91 Å². The van der Waals surface area contributed by atoms with E-state index >= 15 is 0 Å². The second kappa shape index (κ2) is 9.58. The Morgan fingerprint density at radius 3 is 2.54 bits per heavy atom. The molecule has 2 aromatic rings. The number of halogens is 3. The van der Waals surface area contributed by atoms with Gasteiger partial charge in [-0.25, -0.2) is 0 Å². The highest BCUT2D eigenvalue weighted by molar-refractivity contribution is 9.11. The van der Waals surface area contributed by atoms with Gasteiger partial charge in [0.05, 0.1) is 19.7 Å². The molecule has 1 N–H and O–H groups in total. The highest BCUT2D eigenvalue weighted by Crippen LogP contribution is 2.35. The summed E-state index contributed by atoms with van der Waals surface area (Å²) in [5.74, 6) is 0.0703. The van der Waals surface area contributed by atoms with Crippen molar-refractivity contribution in [3.63, 3.8) is 0 Å². The molecule has 0 bridgehead atoms. The van der Waals surface area contributed by atoms with E-state index in [0.717, 1.165) is 0 Å².